The second kappa shape index (κ2) is 6.10. The highest BCUT2D eigenvalue weighted by atomic mass is 35.5. The van der Waals surface area contributed by atoms with E-state index >= 15 is 0 Å². The Morgan fingerprint density at radius 3 is 2.87 bits per heavy atom. The number of anilines is 1. The van der Waals surface area contributed by atoms with Gasteiger partial charge in [0.1, 0.15) is 0 Å². The van der Waals surface area contributed by atoms with Crippen LogP contribution >= 0.6 is 11.6 Å². The minimum atomic E-state index is -0.936. The van der Waals surface area contributed by atoms with Crippen LogP contribution in [0.1, 0.15) is 5.56 Å². The first-order valence-electron chi connectivity index (χ1n) is 4.51. The molecule has 0 fully saturated rings. The zero-order valence-corrected chi connectivity index (χ0v) is 10.1. The van der Waals surface area contributed by atoms with Crippen molar-refractivity contribution in [3.05, 3.63) is 28.8 Å². The van der Waals surface area contributed by atoms with Crippen LogP contribution in [0.15, 0.2) is 18.2 Å². The first kappa shape index (κ1) is 12.5. The maximum Gasteiger partial charge on any atom is 0.0577 e. The molecule has 0 spiro atoms. The van der Waals surface area contributed by atoms with Crippen LogP contribution < -0.4 is 5.73 Å². The molecule has 0 aromatic heterocycles. The van der Waals surface area contributed by atoms with Gasteiger partial charge in [-0.1, -0.05) is 17.7 Å². The molecular formula is C10H14ClNO2S. The van der Waals surface area contributed by atoms with Crippen molar-refractivity contribution < 1.29 is 8.95 Å². The Morgan fingerprint density at radius 1 is 1.53 bits per heavy atom. The van der Waals surface area contributed by atoms with Crippen LogP contribution in [0.2, 0.25) is 5.02 Å². The van der Waals surface area contributed by atoms with Crippen molar-refractivity contribution >= 4 is 28.1 Å². The summed E-state index contributed by atoms with van der Waals surface area (Å²) < 4.78 is 16.4. The molecule has 0 saturated heterocycles. The van der Waals surface area contributed by atoms with E-state index in [0.717, 1.165) is 5.56 Å². The summed E-state index contributed by atoms with van der Waals surface area (Å²) in [6.45, 7) is 0.500. The molecule has 1 atom stereocenters. The number of methoxy groups -OCH3 is 1. The molecular weight excluding hydrogens is 234 g/mol. The Kier molecular flexibility index (Phi) is 5.08. The predicted octanol–water partition coefficient (Wildman–Crippen LogP) is 1.82. The Morgan fingerprint density at radius 2 is 2.27 bits per heavy atom. The summed E-state index contributed by atoms with van der Waals surface area (Å²) in [7, 11) is 0.655. The van der Waals surface area contributed by atoms with Gasteiger partial charge in [-0.25, -0.2) is 0 Å². The summed E-state index contributed by atoms with van der Waals surface area (Å²) in [5.74, 6) is 0.977. The van der Waals surface area contributed by atoms with Crippen molar-refractivity contribution in [1.82, 2.24) is 0 Å². The third-order valence-corrected chi connectivity index (χ3v) is 3.43. The lowest BCUT2D eigenvalue weighted by Crippen LogP contribution is -2.07. The molecule has 0 amide bonds. The molecule has 0 aliphatic rings. The average molecular weight is 248 g/mol. The van der Waals surface area contributed by atoms with E-state index in [1.807, 2.05) is 6.07 Å². The normalized spacial score (nSPS) is 12.7. The Balaban J connectivity index is 2.60. The average Bonchev–Trinajstić information content (AvgIpc) is 2.19. The SMILES string of the molecule is COCCS(=O)Cc1ccc(Cl)cc1N. The molecule has 1 unspecified atom stereocenters. The van der Waals surface area contributed by atoms with E-state index in [1.165, 1.54) is 0 Å². The predicted molar refractivity (Wildman–Crippen MR) is 64.5 cm³/mol. The van der Waals surface area contributed by atoms with Gasteiger partial charge >= 0.3 is 0 Å². The van der Waals surface area contributed by atoms with Crippen molar-refractivity contribution in [2.45, 2.75) is 5.75 Å². The maximum atomic E-state index is 11.6. The second-order valence-corrected chi connectivity index (χ2v) is 5.14. The highest BCUT2D eigenvalue weighted by Gasteiger charge is 2.05. The van der Waals surface area contributed by atoms with Crippen molar-refractivity contribution in [2.75, 3.05) is 25.2 Å². The number of nitrogens with two attached hydrogens (primary N) is 1. The van der Waals surface area contributed by atoms with Gasteiger partial charge in [-0.2, -0.15) is 0 Å². The van der Waals surface area contributed by atoms with Crippen molar-refractivity contribution in [3.63, 3.8) is 0 Å². The summed E-state index contributed by atoms with van der Waals surface area (Å²) in [5.41, 5.74) is 7.21. The first-order chi connectivity index (χ1) is 7.13. The van der Waals surface area contributed by atoms with Crippen molar-refractivity contribution in [3.8, 4) is 0 Å². The quantitative estimate of drug-likeness (QED) is 0.808. The van der Waals surface area contributed by atoms with Gasteiger partial charge < -0.3 is 10.5 Å². The van der Waals surface area contributed by atoms with E-state index in [4.69, 9.17) is 22.1 Å². The van der Waals surface area contributed by atoms with E-state index in [9.17, 15) is 4.21 Å². The monoisotopic (exact) mass is 247 g/mol. The molecule has 5 heteroatoms. The maximum absolute atomic E-state index is 11.6. The van der Waals surface area contributed by atoms with Gasteiger partial charge in [0.05, 0.1) is 12.4 Å². The molecule has 3 nitrogen and oxygen atoms in total. The van der Waals surface area contributed by atoms with Crippen LogP contribution in [-0.2, 0) is 21.3 Å². The first-order valence-corrected chi connectivity index (χ1v) is 6.38. The number of ether oxygens (including phenoxy) is 1. The lowest BCUT2D eigenvalue weighted by molar-refractivity contribution is 0.218. The zero-order chi connectivity index (χ0) is 11.3. The highest BCUT2D eigenvalue weighted by molar-refractivity contribution is 7.84. The van der Waals surface area contributed by atoms with Crippen molar-refractivity contribution in [1.29, 1.82) is 0 Å². The standard InChI is InChI=1S/C10H14ClNO2S/c1-14-4-5-15(13)7-8-2-3-9(11)6-10(8)12/h2-3,6H,4-5,7,12H2,1H3. The van der Waals surface area contributed by atoms with Crippen LogP contribution in [0.4, 0.5) is 5.69 Å². The van der Waals surface area contributed by atoms with Crippen LogP contribution in [0.25, 0.3) is 0 Å². The van der Waals surface area contributed by atoms with Crippen molar-refractivity contribution in [2.24, 2.45) is 0 Å². The smallest absolute Gasteiger partial charge is 0.0577 e. The Hall–Kier alpha value is -0.580. The van der Waals surface area contributed by atoms with Crippen LogP contribution in [0, 0.1) is 0 Å². The van der Waals surface area contributed by atoms with Crippen LogP contribution in [0.5, 0.6) is 0 Å². The van der Waals surface area contributed by atoms with Gasteiger partial charge in [0.2, 0.25) is 0 Å². The fraction of sp³-hybridized carbons (Fsp3) is 0.400. The summed E-state index contributed by atoms with van der Waals surface area (Å²) in [6, 6.07) is 5.23. The summed E-state index contributed by atoms with van der Waals surface area (Å²) >= 11 is 5.76. The van der Waals surface area contributed by atoms with E-state index in [2.05, 4.69) is 0 Å². The fourth-order valence-electron chi connectivity index (χ4n) is 1.12. The largest absolute Gasteiger partial charge is 0.398 e. The Bertz CT molecular complexity index is 357. The van der Waals surface area contributed by atoms with Gasteiger partial charge in [-0.15, -0.1) is 0 Å². The molecule has 0 aliphatic heterocycles. The molecule has 0 radical (unpaired) electrons. The Labute approximate surface area is 97.0 Å². The molecule has 15 heavy (non-hydrogen) atoms. The van der Waals surface area contributed by atoms with Gasteiger partial charge in [-0.05, 0) is 17.7 Å². The number of hydrogen-bond acceptors (Lipinski definition) is 3. The van der Waals surface area contributed by atoms with E-state index in [0.29, 0.717) is 28.8 Å². The molecule has 0 bridgehead atoms. The van der Waals surface area contributed by atoms with E-state index in [-0.39, 0.29) is 0 Å². The third kappa shape index (κ3) is 4.20. The number of rotatable bonds is 5. The van der Waals surface area contributed by atoms with Crippen LogP contribution in [-0.4, -0.2) is 23.7 Å². The minimum Gasteiger partial charge on any atom is -0.398 e. The molecule has 1 rings (SSSR count). The lowest BCUT2D eigenvalue weighted by atomic mass is 10.2. The summed E-state index contributed by atoms with van der Waals surface area (Å²) in [5, 5.41) is 0.596. The van der Waals surface area contributed by atoms with Gasteiger partial charge in [0.15, 0.2) is 0 Å². The van der Waals surface area contributed by atoms with Gasteiger partial charge in [-0.3, -0.25) is 4.21 Å². The number of hydrogen-bond donors (Lipinski definition) is 1. The number of nitrogen functional groups attached to an aromatic ring is 1. The molecule has 84 valence electrons. The third-order valence-electron chi connectivity index (χ3n) is 1.94. The number of benzene rings is 1. The molecule has 0 saturated carbocycles. The molecule has 0 heterocycles. The summed E-state index contributed by atoms with van der Waals surface area (Å²) in [6.07, 6.45) is 0. The zero-order valence-electron chi connectivity index (χ0n) is 8.53. The highest BCUT2D eigenvalue weighted by Crippen LogP contribution is 2.19. The molecule has 1 aromatic rings. The fourth-order valence-corrected chi connectivity index (χ4v) is 2.41. The van der Waals surface area contributed by atoms with E-state index < -0.39 is 10.8 Å². The minimum absolute atomic E-state index is 0.451. The number of halogens is 1. The molecule has 2 N–H and O–H groups in total. The second-order valence-electron chi connectivity index (χ2n) is 3.12. The van der Waals surface area contributed by atoms with Gasteiger partial charge in [0, 0.05) is 34.4 Å². The lowest BCUT2D eigenvalue weighted by Gasteiger charge is -2.05. The molecule has 0 aliphatic carbocycles. The van der Waals surface area contributed by atoms with Crippen LogP contribution in [0.3, 0.4) is 0 Å². The van der Waals surface area contributed by atoms with Gasteiger partial charge in [0.25, 0.3) is 0 Å². The topological polar surface area (TPSA) is 52.3 Å². The summed E-state index contributed by atoms with van der Waals surface area (Å²) in [4.78, 5) is 0. The molecule has 1 aromatic carbocycles. The van der Waals surface area contributed by atoms with E-state index in [1.54, 1.807) is 19.2 Å².